The van der Waals surface area contributed by atoms with Crippen LogP contribution in [0.3, 0.4) is 0 Å². The molecule has 4 nitrogen and oxygen atoms in total. The summed E-state index contributed by atoms with van der Waals surface area (Å²) in [5, 5.41) is 11.3. The molecule has 1 aliphatic heterocycles. The van der Waals surface area contributed by atoms with Gasteiger partial charge in [-0.2, -0.15) is 0 Å². The molecule has 0 radical (unpaired) electrons. The number of aliphatic imine (C=N–C) groups is 1. The highest BCUT2D eigenvalue weighted by Gasteiger charge is 1.99. The Morgan fingerprint density at radius 3 is 3.00 bits per heavy atom. The Kier molecular flexibility index (Phi) is 1.82. The van der Waals surface area contributed by atoms with Crippen LogP contribution in [0.2, 0.25) is 0 Å². The van der Waals surface area contributed by atoms with E-state index < -0.39 is 0 Å². The van der Waals surface area contributed by atoms with Crippen LogP contribution < -0.4 is 10.8 Å². The topological polar surface area (TPSA) is 56.6 Å². The second-order valence-corrected chi connectivity index (χ2v) is 1.62. The van der Waals surface area contributed by atoms with E-state index in [-0.39, 0.29) is 0 Å². The Bertz CT molecular complexity index is 101. The average molecular weight is 115 g/mol. The van der Waals surface area contributed by atoms with E-state index in [1.807, 2.05) is 5.48 Å². The van der Waals surface area contributed by atoms with Gasteiger partial charge in [-0.25, -0.2) is 0 Å². The summed E-state index contributed by atoms with van der Waals surface area (Å²) in [5.41, 5.74) is 2.01. The van der Waals surface area contributed by atoms with Gasteiger partial charge in [0.1, 0.15) is 5.84 Å². The number of nitrogens with zero attached hydrogens (tertiary/aromatic N) is 1. The van der Waals surface area contributed by atoms with Gasteiger partial charge in [-0.3, -0.25) is 21.0 Å². The molecule has 3 N–H and O–H groups in total. The Morgan fingerprint density at radius 1 is 1.75 bits per heavy atom. The predicted molar refractivity (Wildman–Crippen MR) is 29.8 cm³/mol. The molecule has 0 bridgehead atoms. The van der Waals surface area contributed by atoms with Crippen LogP contribution in [0, 0.1) is 0 Å². The maximum atomic E-state index is 8.28. The molecule has 0 aromatic rings. The molecule has 0 aromatic heterocycles. The van der Waals surface area contributed by atoms with Gasteiger partial charge < -0.3 is 0 Å². The summed E-state index contributed by atoms with van der Waals surface area (Å²) in [4.78, 5) is 3.89. The molecule has 8 heavy (non-hydrogen) atoms. The molecule has 0 saturated carbocycles. The summed E-state index contributed by atoms with van der Waals surface area (Å²) in [5.74, 6) is 0.670. The van der Waals surface area contributed by atoms with Crippen LogP contribution >= 0.6 is 0 Å². The smallest absolute Gasteiger partial charge is 0.123 e. The van der Waals surface area contributed by atoms with Gasteiger partial charge in [0.25, 0.3) is 0 Å². The van der Waals surface area contributed by atoms with E-state index in [4.69, 9.17) is 5.21 Å². The van der Waals surface area contributed by atoms with Crippen LogP contribution in [0.4, 0.5) is 0 Å². The Morgan fingerprint density at radius 2 is 2.62 bits per heavy atom. The number of hydrogen-bond donors (Lipinski definition) is 3. The fourth-order valence-corrected chi connectivity index (χ4v) is 0.607. The fourth-order valence-electron chi connectivity index (χ4n) is 0.607. The van der Waals surface area contributed by atoms with Crippen molar-refractivity contribution in [3.05, 3.63) is 0 Å². The maximum Gasteiger partial charge on any atom is 0.123 e. The molecule has 0 atom stereocenters. The third-order valence-electron chi connectivity index (χ3n) is 1.05. The SMILES string of the molecule is ONC1=NCNCC1. The first-order valence-corrected chi connectivity index (χ1v) is 2.57. The van der Waals surface area contributed by atoms with E-state index in [9.17, 15) is 0 Å². The molecule has 0 aliphatic carbocycles. The fraction of sp³-hybridized carbons (Fsp3) is 0.750. The van der Waals surface area contributed by atoms with Gasteiger partial charge in [0.05, 0.1) is 6.67 Å². The van der Waals surface area contributed by atoms with Gasteiger partial charge in [-0.15, -0.1) is 0 Å². The molecular formula is C4H9N3O. The lowest BCUT2D eigenvalue weighted by Crippen LogP contribution is -2.31. The zero-order valence-electron chi connectivity index (χ0n) is 4.52. The highest BCUT2D eigenvalue weighted by molar-refractivity contribution is 5.81. The minimum absolute atomic E-state index is 0.614. The third-order valence-corrected chi connectivity index (χ3v) is 1.05. The molecule has 0 aromatic carbocycles. The lowest BCUT2D eigenvalue weighted by Gasteiger charge is -2.10. The van der Waals surface area contributed by atoms with E-state index >= 15 is 0 Å². The summed E-state index contributed by atoms with van der Waals surface area (Å²) in [7, 11) is 0. The van der Waals surface area contributed by atoms with E-state index in [0.29, 0.717) is 12.5 Å². The van der Waals surface area contributed by atoms with Crippen molar-refractivity contribution in [3.63, 3.8) is 0 Å². The molecule has 0 fully saturated rings. The molecule has 1 aliphatic rings. The molecule has 1 heterocycles. The quantitative estimate of drug-likeness (QED) is 0.366. The van der Waals surface area contributed by atoms with Crippen molar-refractivity contribution in [2.75, 3.05) is 13.2 Å². The minimum atomic E-state index is 0.614. The molecule has 0 amide bonds. The van der Waals surface area contributed by atoms with Crippen LogP contribution in [0.15, 0.2) is 4.99 Å². The summed E-state index contributed by atoms with van der Waals surface area (Å²) in [6.45, 7) is 1.51. The first-order valence-electron chi connectivity index (χ1n) is 2.57. The summed E-state index contributed by atoms with van der Waals surface area (Å²) >= 11 is 0. The number of amidine groups is 1. The molecule has 46 valence electrons. The zero-order chi connectivity index (χ0) is 5.82. The predicted octanol–water partition coefficient (Wildman–Crippen LogP) is -0.686. The van der Waals surface area contributed by atoms with Crippen LogP contribution in [0.25, 0.3) is 0 Å². The molecule has 0 spiro atoms. The maximum absolute atomic E-state index is 8.28. The molecular weight excluding hydrogens is 106 g/mol. The highest BCUT2D eigenvalue weighted by Crippen LogP contribution is 1.85. The third kappa shape index (κ3) is 1.18. The average Bonchev–Trinajstić information content (AvgIpc) is 1.90. The van der Waals surface area contributed by atoms with Crippen molar-refractivity contribution < 1.29 is 5.21 Å². The van der Waals surface area contributed by atoms with E-state index in [1.165, 1.54) is 0 Å². The lowest BCUT2D eigenvalue weighted by atomic mass is 10.4. The van der Waals surface area contributed by atoms with Crippen molar-refractivity contribution >= 4 is 5.84 Å². The monoisotopic (exact) mass is 115 g/mol. The molecule has 4 heteroatoms. The number of rotatable bonds is 0. The largest absolute Gasteiger partial charge is 0.298 e. The van der Waals surface area contributed by atoms with Crippen LogP contribution in [0.5, 0.6) is 0 Å². The van der Waals surface area contributed by atoms with Crippen LogP contribution in [-0.2, 0) is 0 Å². The van der Waals surface area contributed by atoms with Crippen LogP contribution in [0.1, 0.15) is 6.42 Å². The summed E-state index contributed by atoms with van der Waals surface area (Å²) in [6, 6.07) is 0. The minimum Gasteiger partial charge on any atom is -0.298 e. The lowest BCUT2D eigenvalue weighted by molar-refractivity contribution is 0.230. The highest BCUT2D eigenvalue weighted by atomic mass is 16.5. The first-order chi connectivity index (χ1) is 3.93. The number of hydroxylamine groups is 1. The number of nitrogens with one attached hydrogen (secondary N) is 2. The number of hydrogen-bond acceptors (Lipinski definition) is 4. The van der Waals surface area contributed by atoms with E-state index in [1.54, 1.807) is 0 Å². The normalized spacial score (nSPS) is 19.9. The second-order valence-electron chi connectivity index (χ2n) is 1.62. The van der Waals surface area contributed by atoms with E-state index in [2.05, 4.69) is 10.3 Å². The Balaban J connectivity index is 2.37. The van der Waals surface area contributed by atoms with Gasteiger partial charge in [-0.05, 0) is 0 Å². The second kappa shape index (κ2) is 2.64. The van der Waals surface area contributed by atoms with Crippen LogP contribution in [-0.4, -0.2) is 24.3 Å². The standard InChI is InChI=1S/C4H9N3O/c8-7-4-1-2-5-3-6-4/h5,8H,1-3H2,(H,6,7). The van der Waals surface area contributed by atoms with Gasteiger partial charge in [0.15, 0.2) is 0 Å². The first kappa shape index (κ1) is 5.53. The molecule has 0 unspecified atom stereocenters. The van der Waals surface area contributed by atoms with Gasteiger partial charge >= 0.3 is 0 Å². The van der Waals surface area contributed by atoms with Gasteiger partial charge in [-0.1, -0.05) is 0 Å². The Labute approximate surface area is 47.6 Å². The van der Waals surface area contributed by atoms with Gasteiger partial charge in [0.2, 0.25) is 0 Å². The molecule has 1 rings (SSSR count). The van der Waals surface area contributed by atoms with Gasteiger partial charge in [0, 0.05) is 13.0 Å². The van der Waals surface area contributed by atoms with Crippen molar-refractivity contribution in [2.24, 2.45) is 4.99 Å². The summed E-state index contributed by atoms with van der Waals surface area (Å²) in [6.07, 6.45) is 0.788. The van der Waals surface area contributed by atoms with Crippen molar-refractivity contribution in [2.45, 2.75) is 6.42 Å². The van der Waals surface area contributed by atoms with Crippen molar-refractivity contribution in [3.8, 4) is 0 Å². The van der Waals surface area contributed by atoms with Crippen molar-refractivity contribution in [1.29, 1.82) is 0 Å². The van der Waals surface area contributed by atoms with E-state index in [0.717, 1.165) is 13.0 Å². The zero-order valence-corrected chi connectivity index (χ0v) is 4.52. The Hall–Kier alpha value is -0.610. The summed E-state index contributed by atoms with van der Waals surface area (Å²) < 4.78 is 0. The van der Waals surface area contributed by atoms with Crippen molar-refractivity contribution in [1.82, 2.24) is 10.8 Å². The molecule has 0 saturated heterocycles.